The van der Waals surface area contributed by atoms with Gasteiger partial charge in [0, 0.05) is 37.2 Å². The van der Waals surface area contributed by atoms with Gasteiger partial charge in [0.05, 0.1) is 5.69 Å². The van der Waals surface area contributed by atoms with Gasteiger partial charge in [0.25, 0.3) is 0 Å². The van der Waals surface area contributed by atoms with Gasteiger partial charge in [-0.3, -0.25) is 0 Å². The fourth-order valence-corrected chi connectivity index (χ4v) is 2.60. The molecule has 3 heterocycles. The summed E-state index contributed by atoms with van der Waals surface area (Å²) in [5, 5.41) is 7.85. The van der Waals surface area contributed by atoms with Crippen molar-refractivity contribution in [2.24, 2.45) is 0 Å². The molecule has 1 saturated heterocycles. The largest absolute Gasteiger partial charge is 0.378 e. The second kappa shape index (κ2) is 5.01. The lowest BCUT2D eigenvalue weighted by molar-refractivity contribution is 0.330. The minimum Gasteiger partial charge on any atom is -0.378 e. The lowest BCUT2D eigenvalue weighted by atomic mass is 10.2. The van der Waals surface area contributed by atoms with Crippen LogP contribution in [0.5, 0.6) is 0 Å². The van der Waals surface area contributed by atoms with E-state index in [-0.39, 0.29) is 0 Å². The summed E-state index contributed by atoms with van der Waals surface area (Å²) >= 11 is 0. The molecule has 0 aromatic carbocycles. The third-order valence-electron chi connectivity index (χ3n) is 3.75. The summed E-state index contributed by atoms with van der Waals surface area (Å²) in [5.74, 6) is 0.856. The van der Waals surface area contributed by atoms with E-state index in [1.54, 1.807) is 17.1 Å². The zero-order chi connectivity index (χ0) is 13.2. The quantitative estimate of drug-likeness (QED) is 0.910. The predicted molar refractivity (Wildman–Crippen MR) is 75.5 cm³/mol. The summed E-state index contributed by atoms with van der Waals surface area (Å²) in [6, 6.07) is 7.02. The zero-order valence-electron chi connectivity index (χ0n) is 11.3. The van der Waals surface area contributed by atoms with E-state index in [1.807, 2.05) is 18.3 Å². The van der Waals surface area contributed by atoms with Crippen LogP contribution in [0.15, 0.2) is 36.8 Å². The summed E-state index contributed by atoms with van der Waals surface area (Å²) in [7, 11) is 2.17. The predicted octanol–water partition coefficient (Wildman–Crippen LogP) is 1.77. The minimum atomic E-state index is 0.471. The van der Waals surface area contributed by atoms with Crippen LogP contribution in [-0.2, 0) is 0 Å². The van der Waals surface area contributed by atoms with Crippen LogP contribution >= 0.6 is 0 Å². The third-order valence-corrected chi connectivity index (χ3v) is 3.75. The van der Waals surface area contributed by atoms with Crippen molar-refractivity contribution in [1.29, 1.82) is 0 Å². The van der Waals surface area contributed by atoms with Crippen molar-refractivity contribution in [3.05, 3.63) is 36.8 Å². The number of hydrogen-bond acceptors (Lipinski definition) is 4. The minimum absolute atomic E-state index is 0.471. The number of anilines is 1. The first-order chi connectivity index (χ1) is 9.24. The van der Waals surface area contributed by atoms with Crippen LogP contribution in [0.2, 0.25) is 0 Å². The highest BCUT2D eigenvalue weighted by Gasteiger charge is 2.26. The van der Waals surface area contributed by atoms with Crippen molar-refractivity contribution in [2.75, 3.05) is 18.9 Å². The van der Waals surface area contributed by atoms with Crippen LogP contribution < -0.4 is 5.32 Å². The number of likely N-dealkylation sites (N-methyl/N-ethyl adjacent to an activating group) is 1. The molecule has 0 spiro atoms. The van der Waals surface area contributed by atoms with Gasteiger partial charge in [0.1, 0.15) is 0 Å². The molecule has 1 N–H and O–H groups in total. The Morgan fingerprint density at radius 2 is 2.21 bits per heavy atom. The van der Waals surface area contributed by atoms with Crippen LogP contribution in [0.25, 0.3) is 5.82 Å². The molecule has 0 amide bonds. The Kier molecular flexibility index (Phi) is 3.21. The Balaban J connectivity index is 1.82. The van der Waals surface area contributed by atoms with Gasteiger partial charge in [-0.15, -0.1) is 0 Å². The highest BCUT2D eigenvalue weighted by atomic mass is 15.3. The zero-order valence-corrected chi connectivity index (χ0v) is 11.3. The lowest BCUT2D eigenvalue weighted by Crippen LogP contribution is -2.25. The van der Waals surface area contributed by atoms with E-state index < -0.39 is 0 Å². The molecule has 19 heavy (non-hydrogen) atoms. The van der Waals surface area contributed by atoms with Gasteiger partial charge in [-0.2, -0.15) is 5.10 Å². The first kappa shape index (κ1) is 12.2. The van der Waals surface area contributed by atoms with Gasteiger partial charge >= 0.3 is 0 Å². The second-order valence-corrected chi connectivity index (χ2v) is 5.19. The van der Waals surface area contributed by atoms with E-state index in [0.717, 1.165) is 24.5 Å². The maximum atomic E-state index is 4.43. The summed E-state index contributed by atoms with van der Waals surface area (Å²) in [6.07, 6.45) is 6.64. The fourth-order valence-electron chi connectivity index (χ4n) is 2.60. The highest BCUT2D eigenvalue weighted by molar-refractivity contribution is 5.57. The maximum absolute atomic E-state index is 4.43. The summed E-state index contributed by atoms with van der Waals surface area (Å²) in [5.41, 5.74) is 1.04. The lowest BCUT2D eigenvalue weighted by Gasteiger charge is -2.16. The van der Waals surface area contributed by atoms with Gasteiger partial charge in [-0.1, -0.05) is 0 Å². The van der Waals surface area contributed by atoms with Gasteiger partial charge in [-0.05, 0) is 38.6 Å². The van der Waals surface area contributed by atoms with E-state index in [1.165, 1.54) is 0 Å². The number of hydrogen-bond donors (Lipinski definition) is 1. The number of nitrogens with one attached hydrogen (secondary N) is 1. The van der Waals surface area contributed by atoms with Crippen molar-refractivity contribution in [2.45, 2.75) is 25.4 Å². The topological polar surface area (TPSA) is 46.0 Å². The van der Waals surface area contributed by atoms with E-state index in [9.17, 15) is 0 Å². The molecule has 2 unspecified atom stereocenters. The molecule has 2 atom stereocenters. The smallest absolute Gasteiger partial charge is 0.176 e. The average Bonchev–Trinajstić information content (AvgIpc) is 3.02. The first-order valence-corrected chi connectivity index (χ1v) is 6.66. The Morgan fingerprint density at radius 1 is 1.32 bits per heavy atom. The van der Waals surface area contributed by atoms with Crippen LogP contribution in [0.3, 0.4) is 0 Å². The number of likely N-dealkylation sites (tertiary alicyclic amines) is 1. The van der Waals surface area contributed by atoms with E-state index >= 15 is 0 Å². The fraction of sp³-hybridized carbons (Fsp3) is 0.429. The van der Waals surface area contributed by atoms with Crippen LogP contribution in [-0.4, -0.2) is 45.3 Å². The number of aromatic nitrogens is 3. The molecule has 0 bridgehead atoms. The molecule has 1 fully saturated rings. The van der Waals surface area contributed by atoms with Crippen LogP contribution in [0, 0.1) is 0 Å². The Labute approximate surface area is 113 Å². The molecule has 2 aromatic rings. The van der Waals surface area contributed by atoms with Crippen molar-refractivity contribution in [3.63, 3.8) is 0 Å². The molecule has 0 aliphatic carbocycles. The van der Waals surface area contributed by atoms with Crippen molar-refractivity contribution >= 4 is 5.69 Å². The molecule has 0 saturated carbocycles. The molecule has 100 valence electrons. The van der Waals surface area contributed by atoms with Gasteiger partial charge in [0.15, 0.2) is 5.82 Å². The number of rotatable bonds is 3. The first-order valence-electron chi connectivity index (χ1n) is 6.66. The summed E-state index contributed by atoms with van der Waals surface area (Å²) < 4.78 is 1.80. The Bertz CT molecular complexity index is 527. The highest BCUT2D eigenvalue weighted by Crippen LogP contribution is 2.22. The molecule has 1 aliphatic heterocycles. The monoisotopic (exact) mass is 257 g/mol. The molecule has 3 rings (SSSR count). The number of pyridine rings is 1. The maximum Gasteiger partial charge on any atom is 0.176 e. The second-order valence-electron chi connectivity index (χ2n) is 5.19. The molecule has 0 radical (unpaired) electrons. The molecule has 5 heteroatoms. The number of nitrogens with zero attached hydrogens (tertiary/aromatic N) is 4. The molecule has 2 aromatic heterocycles. The van der Waals surface area contributed by atoms with Crippen molar-refractivity contribution in [3.8, 4) is 5.82 Å². The van der Waals surface area contributed by atoms with Crippen LogP contribution in [0.4, 0.5) is 5.69 Å². The molecular weight excluding hydrogens is 238 g/mol. The normalized spacial score (nSPS) is 23.7. The molecule has 1 aliphatic rings. The van der Waals surface area contributed by atoms with E-state index in [4.69, 9.17) is 0 Å². The molecular formula is C14H19N5. The standard InChI is InChI=1S/C14H19N5/c1-11-9-12(10-18(11)2)17-13-5-3-6-15-14(13)19-8-4-7-16-19/h3-8,11-12,17H,9-10H2,1-2H3. The summed E-state index contributed by atoms with van der Waals surface area (Å²) in [6.45, 7) is 3.33. The Hall–Kier alpha value is -1.88. The Morgan fingerprint density at radius 3 is 2.89 bits per heavy atom. The average molecular weight is 257 g/mol. The van der Waals surface area contributed by atoms with Crippen LogP contribution in [0.1, 0.15) is 13.3 Å². The van der Waals surface area contributed by atoms with Gasteiger partial charge in [0.2, 0.25) is 0 Å². The van der Waals surface area contributed by atoms with E-state index in [0.29, 0.717) is 12.1 Å². The summed E-state index contributed by atoms with van der Waals surface area (Å²) in [4.78, 5) is 6.80. The molecule has 5 nitrogen and oxygen atoms in total. The van der Waals surface area contributed by atoms with Crippen molar-refractivity contribution < 1.29 is 0 Å². The van der Waals surface area contributed by atoms with Gasteiger partial charge < -0.3 is 10.2 Å². The third kappa shape index (κ3) is 2.46. The van der Waals surface area contributed by atoms with E-state index in [2.05, 4.69) is 40.3 Å². The van der Waals surface area contributed by atoms with Gasteiger partial charge in [-0.25, -0.2) is 9.67 Å². The SMILES string of the molecule is CC1CC(Nc2cccnc2-n2cccn2)CN1C. The van der Waals surface area contributed by atoms with Crippen molar-refractivity contribution in [1.82, 2.24) is 19.7 Å².